The molecule has 0 fully saturated rings. The lowest BCUT2D eigenvalue weighted by Crippen LogP contribution is -2.09. The van der Waals surface area contributed by atoms with Crippen LogP contribution < -0.4 is 4.74 Å². The van der Waals surface area contributed by atoms with E-state index in [4.69, 9.17) is 4.74 Å². The predicted molar refractivity (Wildman–Crippen MR) is 75.3 cm³/mol. The van der Waals surface area contributed by atoms with Crippen molar-refractivity contribution in [1.29, 1.82) is 0 Å². The van der Waals surface area contributed by atoms with Gasteiger partial charge in [0.25, 0.3) is 0 Å². The number of aromatic nitrogens is 1. The van der Waals surface area contributed by atoms with Crippen LogP contribution in [0.1, 0.15) is 23.6 Å². The second-order valence-corrected chi connectivity index (χ2v) is 4.69. The third-order valence-electron chi connectivity index (χ3n) is 3.42. The second kappa shape index (κ2) is 5.76. The number of rotatable bonds is 3. The van der Waals surface area contributed by atoms with Gasteiger partial charge in [0.2, 0.25) is 0 Å². The number of hydrogen-bond donors (Lipinski definition) is 0. The van der Waals surface area contributed by atoms with Crippen LogP contribution in [-0.4, -0.2) is 12.1 Å². The molecule has 0 radical (unpaired) electrons. The van der Waals surface area contributed by atoms with Crippen LogP contribution in [0.25, 0.3) is 11.3 Å². The van der Waals surface area contributed by atoms with Crippen LogP contribution in [-0.2, 0) is 12.6 Å². The third kappa shape index (κ3) is 2.86. The van der Waals surface area contributed by atoms with Crippen molar-refractivity contribution in [2.75, 3.05) is 7.11 Å². The zero-order valence-electron chi connectivity index (χ0n) is 12.1. The van der Waals surface area contributed by atoms with Gasteiger partial charge in [-0.05, 0) is 42.7 Å². The van der Waals surface area contributed by atoms with Crippen molar-refractivity contribution in [3.8, 4) is 17.0 Å². The van der Waals surface area contributed by atoms with Gasteiger partial charge in [0.1, 0.15) is 5.75 Å². The number of alkyl halides is 3. The van der Waals surface area contributed by atoms with E-state index >= 15 is 0 Å². The molecule has 0 amide bonds. The van der Waals surface area contributed by atoms with Gasteiger partial charge in [0.05, 0.1) is 18.4 Å². The zero-order chi connectivity index (χ0) is 15.6. The highest BCUT2D eigenvalue weighted by Crippen LogP contribution is 2.41. The fraction of sp³-hybridized carbons (Fsp3) is 0.312. The first-order chi connectivity index (χ1) is 9.90. The second-order valence-electron chi connectivity index (χ2n) is 4.69. The van der Waals surface area contributed by atoms with Crippen LogP contribution >= 0.6 is 0 Å². The monoisotopic (exact) mass is 295 g/mol. The molecule has 0 saturated heterocycles. The predicted octanol–water partition coefficient (Wildman–Crippen LogP) is 4.65. The van der Waals surface area contributed by atoms with E-state index in [2.05, 4.69) is 4.98 Å². The van der Waals surface area contributed by atoms with Crippen LogP contribution in [0.3, 0.4) is 0 Å². The van der Waals surface area contributed by atoms with E-state index in [0.29, 0.717) is 17.7 Å². The van der Waals surface area contributed by atoms with Crippen LogP contribution in [0.5, 0.6) is 5.75 Å². The van der Waals surface area contributed by atoms with Gasteiger partial charge in [-0.1, -0.05) is 13.0 Å². The lowest BCUT2D eigenvalue weighted by molar-refractivity contribution is -0.137. The Morgan fingerprint density at radius 3 is 2.48 bits per heavy atom. The summed E-state index contributed by atoms with van der Waals surface area (Å²) >= 11 is 0. The van der Waals surface area contributed by atoms with Crippen molar-refractivity contribution in [2.24, 2.45) is 0 Å². The molecule has 0 atom stereocenters. The highest BCUT2D eigenvalue weighted by atomic mass is 19.4. The molecule has 1 aromatic heterocycles. The summed E-state index contributed by atoms with van der Waals surface area (Å²) in [6.07, 6.45) is -2.42. The quantitative estimate of drug-likeness (QED) is 0.822. The number of aryl methyl sites for hydroxylation is 1. The number of benzene rings is 1. The van der Waals surface area contributed by atoms with Crippen molar-refractivity contribution < 1.29 is 17.9 Å². The molecule has 5 heteroatoms. The molecule has 112 valence electrons. The van der Waals surface area contributed by atoms with E-state index in [-0.39, 0.29) is 5.69 Å². The molecule has 1 heterocycles. The number of hydrogen-bond acceptors (Lipinski definition) is 2. The van der Waals surface area contributed by atoms with E-state index < -0.39 is 11.7 Å². The van der Waals surface area contributed by atoms with Crippen molar-refractivity contribution >= 4 is 0 Å². The Morgan fingerprint density at radius 1 is 1.19 bits per heavy atom. The van der Waals surface area contributed by atoms with E-state index in [1.807, 2.05) is 13.8 Å². The van der Waals surface area contributed by atoms with Gasteiger partial charge < -0.3 is 4.74 Å². The van der Waals surface area contributed by atoms with E-state index in [9.17, 15) is 13.2 Å². The first-order valence-electron chi connectivity index (χ1n) is 6.59. The summed E-state index contributed by atoms with van der Waals surface area (Å²) in [5.74, 6) is 0.460. The molecule has 2 aromatic rings. The maximum atomic E-state index is 13.2. The summed E-state index contributed by atoms with van der Waals surface area (Å²) < 4.78 is 44.8. The minimum Gasteiger partial charge on any atom is -0.496 e. The van der Waals surface area contributed by atoms with Gasteiger partial charge >= 0.3 is 6.18 Å². The summed E-state index contributed by atoms with van der Waals surface area (Å²) in [5, 5.41) is 0. The first-order valence-corrected chi connectivity index (χ1v) is 6.59. The maximum absolute atomic E-state index is 13.2. The first kappa shape index (κ1) is 15.4. The molecule has 0 bridgehead atoms. The summed E-state index contributed by atoms with van der Waals surface area (Å²) in [5.41, 5.74) is 1.40. The molecular formula is C16H16F3NO. The van der Waals surface area contributed by atoms with Gasteiger partial charge in [-0.25, -0.2) is 0 Å². The molecule has 2 rings (SSSR count). The molecular weight excluding hydrogens is 279 g/mol. The summed E-state index contributed by atoms with van der Waals surface area (Å²) in [4.78, 5) is 3.93. The number of pyridine rings is 1. The molecule has 0 N–H and O–H groups in total. The maximum Gasteiger partial charge on any atom is 0.418 e. The molecule has 0 saturated carbocycles. The van der Waals surface area contributed by atoms with Gasteiger partial charge in [-0.15, -0.1) is 0 Å². The lowest BCUT2D eigenvalue weighted by Gasteiger charge is -2.17. The van der Waals surface area contributed by atoms with Crippen LogP contribution in [0, 0.1) is 6.92 Å². The number of nitrogens with zero attached hydrogens (tertiary/aromatic N) is 1. The molecule has 0 spiro atoms. The minimum atomic E-state index is -4.45. The Hall–Kier alpha value is -2.04. The smallest absolute Gasteiger partial charge is 0.418 e. The molecule has 0 aliphatic rings. The molecule has 1 aromatic carbocycles. The zero-order valence-corrected chi connectivity index (χ0v) is 12.1. The third-order valence-corrected chi connectivity index (χ3v) is 3.42. The Labute approximate surface area is 121 Å². The number of methoxy groups -OCH3 is 1. The SMILES string of the molecule is CCc1c(C)ccc(-c2ncccc2C(F)(F)F)c1OC. The lowest BCUT2D eigenvalue weighted by atomic mass is 9.97. The standard InChI is InChI=1S/C16H16F3NO/c1-4-11-10(2)7-8-12(15(11)21-3)14-13(16(17,18)19)6-5-9-20-14/h5-9H,4H2,1-3H3. The van der Waals surface area contributed by atoms with Crippen LogP contribution in [0.15, 0.2) is 30.5 Å². The summed E-state index contributed by atoms with van der Waals surface area (Å²) in [6.45, 7) is 3.85. The Morgan fingerprint density at radius 2 is 1.90 bits per heavy atom. The summed E-state index contributed by atoms with van der Waals surface area (Å²) in [7, 11) is 1.47. The van der Waals surface area contributed by atoms with E-state index in [0.717, 1.165) is 17.2 Å². The molecule has 0 aliphatic carbocycles. The topological polar surface area (TPSA) is 22.1 Å². The summed E-state index contributed by atoms with van der Waals surface area (Å²) in [6, 6.07) is 5.75. The fourth-order valence-electron chi connectivity index (χ4n) is 2.43. The molecule has 0 aliphatic heterocycles. The Balaban J connectivity index is 2.74. The Bertz CT molecular complexity index is 650. The van der Waals surface area contributed by atoms with Crippen molar-refractivity contribution in [1.82, 2.24) is 4.98 Å². The number of ether oxygens (including phenoxy) is 1. The normalized spacial score (nSPS) is 11.5. The van der Waals surface area contributed by atoms with Gasteiger partial charge in [-0.3, -0.25) is 4.98 Å². The van der Waals surface area contributed by atoms with Crippen molar-refractivity contribution in [3.63, 3.8) is 0 Å². The van der Waals surface area contributed by atoms with Gasteiger partial charge in [-0.2, -0.15) is 13.2 Å². The Kier molecular flexibility index (Phi) is 4.21. The van der Waals surface area contributed by atoms with Gasteiger partial charge in [0, 0.05) is 11.8 Å². The molecule has 21 heavy (non-hydrogen) atoms. The van der Waals surface area contributed by atoms with Crippen molar-refractivity contribution in [2.45, 2.75) is 26.4 Å². The average molecular weight is 295 g/mol. The van der Waals surface area contributed by atoms with E-state index in [1.165, 1.54) is 19.4 Å². The average Bonchev–Trinajstić information content (AvgIpc) is 2.45. The highest BCUT2D eigenvalue weighted by molar-refractivity contribution is 5.73. The van der Waals surface area contributed by atoms with Crippen LogP contribution in [0.4, 0.5) is 13.2 Å². The van der Waals surface area contributed by atoms with Crippen molar-refractivity contribution in [3.05, 3.63) is 47.2 Å². The fourth-order valence-corrected chi connectivity index (χ4v) is 2.43. The number of halogens is 3. The van der Waals surface area contributed by atoms with Gasteiger partial charge in [0.15, 0.2) is 0 Å². The largest absolute Gasteiger partial charge is 0.496 e. The highest BCUT2D eigenvalue weighted by Gasteiger charge is 2.35. The van der Waals surface area contributed by atoms with E-state index in [1.54, 1.807) is 12.1 Å². The minimum absolute atomic E-state index is 0.100. The molecule has 0 unspecified atom stereocenters. The van der Waals surface area contributed by atoms with Crippen LogP contribution in [0.2, 0.25) is 0 Å². The molecule has 2 nitrogen and oxygen atoms in total.